The third-order valence-corrected chi connectivity index (χ3v) is 6.93. The Labute approximate surface area is 224 Å². The van der Waals surface area contributed by atoms with Gasteiger partial charge in [-0.15, -0.1) is 0 Å². The summed E-state index contributed by atoms with van der Waals surface area (Å²) in [6.07, 6.45) is 1.34. The molecule has 2 amide bonds. The zero-order chi connectivity index (χ0) is 27.5. The maximum Gasteiger partial charge on any atom is 0.338 e. The van der Waals surface area contributed by atoms with Gasteiger partial charge in [0.15, 0.2) is 0 Å². The Hall–Kier alpha value is -4.37. The molecule has 1 fully saturated rings. The topological polar surface area (TPSA) is 70.2 Å². The van der Waals surface area contributed by atoms with Crippen molar-refractivity contribution in [2.75, 3.05) is 37.7 Å². The van der Waals surface area contributed by atoms with E-state index in [0.717, 1.165) is 16.0 Å². The van der Waals surface area contributed by atoms with Crippen molar-refractivity contribution < 1.29 is 27.9 Å². The van der Waals surface area contributed by atoms with Gasteiger partial charge in [0.25, 0.3) is 11.8 Å². The molecule has 5 rings (SSSR count). The summed E-state index contributed by atoms with van der Waals surface area (Å²) in [6, 6.07) is 18.4. The third-order valence-electron chi connectivity index (χ3n) is 6.93. The van der Waals surface area contributed by atoms with Crippen molar-refractivity contribution in [2.45, 2.75) is 13.0 Å². The number of imide groups is 1. The fourth-order valence-corrected chi connectivity index (χ4v) is 5.02. The number of esters is 1. The van der Waals surface area contributed by atoms with E-state index in [4.69, 9.17) is 4.74 Å². The molecule has 0 bridgehead atoms. The molecule has 2 aliphatic rings. The van der Waals surface area contributed by atoms with E-state index in [1.807, 2.05) is 4.90 Å². The van der Waals surface area contributed by atoms with E-state index in [0.29, 0.717) is 43.1 Å². The highest BCUT2D eigenvalue weighted by atomic mass is 19.1. The lowest BCUT2D eigenvalue weighted by molar-refractivity contribution is -0.121. The minimum absolute atomic E-state index is 0.224. The number of ether oxygens (including phenoxy) is 1. The molecule has 0 unspecified atom stereocenters. The van der Waals surface area contributed by atoms with Crippen molar-refractivity contribution in [2.24, 2.45) is 0 Å². The average molecular weight is 532 g/mol. The Balaban J connectivity index is 1.29. The summed E-state index contributed by atoms with van der Waals surface area (Å²) in [7, 11) is 0. The van der Waals surface area contributed by atoms with E-state index in [1.165, 1.54) is 42.5 Å². The molecule has 2 aliphatic heterocycles. The van der Waals surface area contributed by atoms with Crippen LogP contribution in [-0.4, -0.2) is 60.4 Å². The smallest absolute Gasteiger partial charge is 0.338 e. The van der Waals surface area contributed by atoms with Crippen molar-refractivity contribution in [3.8, 4) is 0 Å². The first-order valence-electron chi connectivity index (χ1n) is 12.7. The van der Waals surface area contributed by atoms with Crippen molar-refractivity contribution in [1.29, 1.82) is 0 Å². The minimum Gasteiger partial charge on any atom is -0.462 e. The maximum atomic E-state index is 13.6. The van der Waals surface area contributed by atoms with Gasteiger partial charge in [-0.3, -0.25) is 14.5 Å². The first-order valence-corrected chi connectivity index (χ1v) is 12.7. The SMILES string of the molecule is CCOC(=O)c1ccc(N2C(=O)C=C(N3CCN(C(c4ccc(F)cc4)c4ccc(F)cc4)CC3)C2=O)cc1. The first kappa shape index (κ1) is 26.2. The highest BCUT2D eigenvalue weighted by Crippen LogP contribution is 2.32. The molecule has 200 valence electrons. The lowest BCUT2D eigenvalue weighted by Crippen LogP contribution is -2.48. The van der Waals surface area contributed by atoms with Crippen molar-refractivity contribution in [3.63, 3.8) is 0 Å². The van der Waals surface area contributed by atoms with E-state index >= 15 is 0 Å². The summed E-state index contributed by atoms with van der Waals surface area (Å²) in [5.74, 6) is -2.02. The number of hydrogen-bond donors (Lipinski definition) is 0. The summed E-state index contributed by atoms with van der Waals surface area (Å²) >= 11 is 0. The second kappa shape index (κ2) is 11.2. The number of rotatable bonds is 7. The first-order chi connectivity index (χ1) is 18.9. The van der Waals surface area contributed by atoms with Gasteiger partial charge in [0, 0.05) is 32.3 Å². The molecule has 0 saturated carbocycles. The quantitative estimate of drug-likeness (QED) is 0.335. The van der Waals surface area contributed by atoms with Gasteiger partial charge in [-0.1, -0.05) is 24.3 Å². The molecule has 0 radical (unpaired) electrons. The van der Waals surface area contributed by atoms with Crippen LogP contribution in [0.2, 0.25) is 0 Å². The van der Waals surface area contributed by atoms with Gasteiger partial charge in [-0.05, 0) is 66.6 Å². The van der Waals surface area contributed by atoms with Gasteiger partial charge in [-0.25, -0.2) is 18.5 Å². The Bertz CT molecular complexity index is 1350. The summed E-state index contributed by atoms with van der Waals surface area (Å²) < 4.78 is 32.2. The van der Waals surface area contributed by atoms with E-state index in [2.05, 4.69) is 4.90 Å². The van der Waals surface area contributed by atoms with Crippen LogP contribution in [0.5, 0.6) is 0 Å². The van der Waals surface area contributed by atoms with Crippen LogP contribution in [0.25, 0.3) is 0 Å². The number of amides is 2. The van der Waals surface area contributed by atoms with Crippen LogP contribution in [0, 0.1) is 11.6 Å². The van der Waals surface area contributed by atoms with Gasteiger partial charge in [0.05, 0.1) is 23.9 Å². The largest absolute Gasteiger partial charge is 0.462 e. The minimum atomic E-state index is -0.473. The van der Waals surface area contributed by atoms with Gasteiger partial charge in [0.2, 0.25) is 0 Å². The number of halogens is 2. The van der Waals surface area contributed by atoms with Gasteiger partial charge in [0.1, 0.15) is 17.3 Å². The van der Waals surface area contributed by atoms with Crippen LogP contribution in [0.1, 0.15) is 34.5 Å². The highest BCUT2D eigenvalue weighted by Gasteiger charge is 2.37. The zero-order valence-electron chi connectivity index (χ0n) is 21.3. The van der Waals surface area contributed by atoms with Crippen molar-refractivity contribution in [1.82, 2.24) is 9.80 Å². The molecule has 0 aromatic heterocycles. The fraction of sp³-hybridized carbons (Fsp3) is 0.233. The molecule has 7 nitrogen and oxygen atoms in total. The second-order valence-corrected chi connectivity index (χ2v) is 9.30. The molecule has 0 N–H and O–H groups in total. The summed E-state index contributed by atoms with van der Waals surface area (Å²) in [6.45, 7) is 4.06. The number of carbonyl (C=O) groups is 3. The third kappa shape index (κ3) is 5.44. The molecule has 2 heterocycles. The molecule has 39 heavy (non-hydrogen) atoms. The van der Waals surface area contributed by atoms with Crippen LogP contribution >= 0.6 is 0 Å². The molecule has 0 spiro atoms. The number of benzene rings is 3. The highest BCUT2D eigenvalue weighted by molar-refractivity contribution is 6.30. The fourth-order valence-electron chi connectivity index (χ4n) is 5.02. The summed E-state index contributed by atoms with van der Waals surface area (Å²) in [4.78, 5) is 43.2. The average Bonchev–Trinajstić information content (AvgIpc) is 3.25. The van der Waals surface area contributed by atoms with E-state index < -0.39 is 17.8 Å². The van der Waals surface area contributed by atoms with Crippen LogP contribution in [0.15, 0.2) is 84.6 Å². The molecular weight excluding hydrogens is 504 g/mol. The normalized spacial score (nSPS) is 16.2. The predicted octanol–water partition coefficient (Wildman–Crippen LogP) is 4.31. The van der Waals surface area contributed by atoms with Gasteiger partial charge in [-0.2, -0.15) is 0 Å². The van der Waals surface area contributed by atoms with Crippen LogP contribution in [0.4, 0.5) is 14.5 Å². The maximum absolute atomic E-state index is 13.6. The molecule has 0 atom stereocenters. The Morgan fingerprint density at radius 3 is 1.87 bits per heavy atom. The van der Waals surface area contributed by atoms with Crippen LogP contribution < -0.4 is 4.90 Å². The molecule has 0 aliphatic carbocycles. The van der Waals surface area contributed by atoms with Gasteiger partial charge < -0.3 is 9.64 Å². The Morgan fingerprint density at radius 2 is 1.36 bits per heavy atom. The monoisotopic (exact) mass is 531 g/mol. The predicted molar refractivity (Wildman–Crippen MR) is 141 cm³/mol. The van der Waals surface area contributed by atoms with E-state index in [-0.39, 0.29) is 24.3 Å². The molecule has 3 aromatic carbocycles. The van der Waals surface area contributed by atoms with E-state index in [1.54, 1.807) is 43.3 Å². The molecule has 1 saturated heterocycles. The summed E-state index contributed by atoms with van der Waals surface area (Å²) in [5, 5.41) is 0. The zero-order valence-corrected chi connectivity index (χ0v) is 21.3. The molecule has 3 aromatic rings. The number of anilines is 1. The Kier molecular flexibility index (Phi) is 7.51. The number of hydrogen-bond acceptors (Lipinski definition) is 6. The van der Waals surface area contributed by atoms with Crippen molar-refractivity contribution in [3.05, 3.63) is 113 Å². The van der Waals surface area contributed by atoms with E-state index in [9.17, 15) is 23.2 Å². The lowest BCUT2D eigenvalue weighted by Gasteiger charge is -2.40. The second-order valence-electron chi connectivity index (χ2n) is 9.30. The Morgan fingerprint density at radius 1 is 0.821 bits per heavy atom. The number of nitrogens with zero attached hydrogens (tertiary/aromatic N) is 3. The van der Waals surface area contributed by atoms with Crippen LogP contribution in [-0.2, 0) is 14.3 Å². The number of carbonyl (C=O) groups excluding carboxylic acids is 3. The number of piperazine rings is 1. The molecule has 9 heteroatoms. The summed E-state index contributed by atoms with van der Waals surface area (Å²) in [5.41, 5.74) is 2.77. The standard InChI is InChI=1S/C30H27F2N3O4/c1-2-39-30(38)22-7-13-25(14-8-22)35-27(36)19-26(29(35)37)33-15-17-34(18-16-33)28(20-3-9-23(31)10-4-20)21-5-11-24(32)12-6-21/h3-14,19,28H,2,15-18H2,1H3. The van der Waals surface area contributed by atoms with Crippen molar-refractivity contribution >= 4 is 23.5 Å². The lowest BCUT2D eigenvalue weighted by atomic mass is 9.96. The van der Waals surface area contributed by atoms with Gasteiger partial charge >= 0.3 is 5.97 Å². The van der Waals surface area contributed by atoms with Crippen LogP contribution in [0.3, 0.4) is 0 Å². The molecular formula is C30H27F2N3O4.